The average Bonchev–Trinajstić information content (AvgIpc) is 3.81. The van der Waals surface area contributed by atoms with Crippen LogP contribution in [0, 0.1) is 23.5 Å². The van der Waals surface area contributed by atoms with Gasteiger partial charge in [0.2, 0.25) is 5.91 Å². The summed E-state index contributed by atoms with van der Waals surface area (Å²) < 4.78 is 37.9. The monoisotopic (exact) mass is 750 g/mol. The van der Waals surface area contributed by atoms with E-state index in [1.165, 1.54) is 18.6 Å². The molecule has 0 bridgehead atoms. The number of fused-ring (bicyclic) bond motifs is 3. The number of rotatable bonds is 11. The van der Waals surface area contributed by atoms with Crippen LogP contribution in [-0.2, 0) is 4.79 Å². The largest absolute Gasteiger partial charge is 0.461 e. The second-order valence-electron chi connectivity index (χ2n) is 13.1. The van der Waals surface area contributed by atoms with Crippen LogP contribution >= 0.6 is 22.9 Å². The molecule has 14 heteroatoms. The van der Waals surface area contributed by atoms with Crippen molar-refractivity contribution in [2.24, 2.45) is 0 Å². The molecule has 5 heterocycles. The molecular formula is C38H45ClF2N8O2S. The summed E-state index contributed by atoms with van der Waals surface area (Å²) in [5.41, 5.74) is 6.62. The van der Waals surface area contributed by atoms with Crippen molar-refractivity contribution in [3.8, 4) is 23.7 Å². The predicted molar refractivity (Wildman–Crippen MR) is 206 cm³/mol. The molecule has 3 saturated heterocycles. The maximum atomic E-state index is 16.7. The van der Waals surface area contributed by atoms with Gasteiger partial charge in [-0.1, -0.05) is 54.5 Å². The van der Waals surface area contributed by atoms with Crippen molar-refractivity contribution < 1.29 is 18.3 Å². The fourth-order valence-electron chi connectivity index (χ4n) is 7.09. The highest BCUT2D eigenvalue weighted by Gasteiger charge is 2.45. The van der Waals surface area contributed by atoms with E-state index in [1.54, 1.807) is 19.1 Å². The van der Waals surface area contributed by atoms with Crippen LogP contribution in [0.3, 0.4) is 0 Å². The van der Waals surface area contributed by atoms with Gasteiger partial charge in [0.25, 0.3) is 0 Å². The summed E-state index contributed by atoms with van der Waals surface area (Å²) in [5.74, 6) is -0.417. The van der Waals surface area contributed by atoms with Crippen LogP contribution in [0.25, 0.3) is 32.2 Å². The number of amides is 1. The highest BCUT2D eigenvalue weighted by atomic mass is 35.5. The molecule has 0 aliphatic carbocycles. The van der Waals surface area contributed by atoms with E-state index in [9.17, 15) is 9.18 Å². The molecule has 3 aliphatic heterocycles. The molecule has 0 saturated carbocycles. The number of aromatic nitrogens is 3. The zero-order chi connectivity index (χ0) is 37.4. The number of hydrogen-bond acceptors (Lipinski definition) is 10. The lowest BCUT2D eigenvalue weighted by Crippen LogP contribution is -2.43. The molecule has 0 atom stereocenters. The van der Waals surface area contributed by atoms with Gasteiger partial charge in [-0.2, -0.15) is 9.97 Å². The Morgan fingerprint density at radius 2 is 1.85 bits per heavy atom. The van der Waals surface area contributed by atoms with E-state index in [1.807, 2.05) is 9.80 Å². The molecule has 2 N–H and O–H groups in total. The van der Waals surface area contributed by atoms with E-state index in [0.29, 0.717) is 36.5 Å². The molecule has 276 valence electrons. The van der Waals surface area contributed by atoms with Gasteiger partial charge in [0, 0.05) is 56.2 Å². The molecule has 0 spiro atoms. The Kier molecular flexibility index (Phi) is 13.0. The van der Waals surface area contributed by atoms with E-state index < -0.39 is 11.6 Å². The Morgan fingerprint density at radius 1 is 1.12 bits per heavy atom. The van der Waals surface area contributed by atoms with Crippen molar-refractivity contribution in [2.75, 3.05) is 56.5 Å². The van der Waals surface area contributed by atoms with Gasteiger partial charge in [-0.25, -0.2) is 19.0 Å². The number of carbonyl (C=O) groups is 1. The number of ether oxygens (including phenoxy) is 1. The first-order chi connectivity index (χ1) is 25.2. The van der Waals surface area contributed by atoms with Crippen LogP contribution in [0.4, 0.5) is 19.7 Å². The third kappa shape index (κ3) is 8.14. The highest BCUT2D eigenvalue weighted by molar-refractivity contribution is 7.22. The lowest BCUT2D eigenvalue weighted by molar-refractivity contribution is -0.132. The van der Waals surface area contributed by atoms with E-state index in [2.05, 4.69) is 47.1 Å². The van der Waals surface area contributed by atoms with Crippen molar-refractivity contribution in [3.63, 3.8) is 0 Å². The SMILES string of the molecule is C#N.C=CCN(C/C=C\CCC)c1nc(OCC23CCCN2CCC3)nc2c(F)c(-c3ccc(F)c4sc(N)nc34)c(Cl)cc12.CC(=O)N1CCC1. The number of benzene rings is 2. The van der Waals surface area contributed by atoms with E-state index in [0.717, 1.165) is 76.0 Å². The molecule has 2 aromatic carbocycles. The zero-order valence-corrected chi connectivity index (χ0v) is 31.3. The number of allylic oxidation sites excluding steroid dienone is 1. The molecule has 4 aromatic rings. The third-order valence-corrected chi connectivity index (χ3v) is 11.0. The number of nitriles is 1. The van der Waals surface area contributed by atoms with E-state index in [4.69, 9.17) is 32.3 Å². The molecule has 0 radical (unpaired) electrons. The van der Waals surface area contributed by atoms with Crippen LogP contribution in [-0.4, -0.2) is 82.1 Å². The minimum Gasteiger partial charge on any atom is -0.461 e. The quantitative estimate of drug-likeness (QED) is 0.151. The predicted octanol–water partition coefficient (Wildman–Crippen LogP) is 8.15. The summed E-state index contributed by atoms with van der Waals surface area (Å²) in [6.45, 7) is 16.7. The Bertz CT molecular complexity index is 1950. The number of nitrogens with two attached hydrogens (primary N) is 1. The van der Waals surface area contributed by atoms with Gasteiger partial charge in [0.05, 0.1) is 20.8 Å². The molecule has 10 nitrogen and oxygen atoms in total. The smallest absolute Gasteiger partial charge is 0.319 e. The molecule has 3 aliphatic rings. The van der Waals surface area contributed by atoms with Gasteiger partial charge in [-0.3, -0.25) is 9.69 Å². The standard InChI is InChI=1S/C32H35ClF2N6OS.C5H9NO.CHN/c1-3-5-6-7-15-40(14-4-2)29-21-18-22(33)24(20-10-11-23(34)28-27(20)37-30(36)43-28)25(35)26(21)38-31(39-29)42-19-32-12-8-16-41(32)17-9-13-32;1-5(7)6-3-2-4-6;1-2/h4,6-7,10-11,18H,2-3,5,8-9,12-17,19H2,1H3,(H2,36,37);2-4H2,1H3;1H/b7-6-;;. The Labute approximate surface area is 312 Å². The molecule has 3 fully saturated rings. The second-order valence-corrected chi connectivity index (χ2v) is 14.6. The van der Waals surface area contributed by atoms with Crippen molar-refractivity contribution in [2.45, 2.75) is 64.3 Å². The molecule has 0 unspecified atom stereocenters. The number of nitrogens with zero attached hydrogens (tertiary/aromatic N) is 7. The fraction of sp³-hybridized carbons (Fsp3) is 0.447. The number of carbonyl (C=O) groups excluding carboxylic acids is 1. The zero-order valence-electron chi connectivity index (χ0n) is 29.7. The third-order valence-electron chi connectivity index (χ3n) is 9.80. The summed E-state index contributed by atoms with van der Waals surface area (Å²) in [4.78, 5) is 30.4. The lowest BCUT2D eigenvalue weighted by atomic mass is 9.95. The minimum absolute atomic E-state index is 0.0316. The number of likely N-dealkylation sites (tertiary alicyclic amines) is 1. The summed E-state index contributed by atoms with van der Waals surface area (Å²) >= 11 is 7.81. The number of thiazole rings is 1. The number of hydrogen-bond donors (Lipinski definition) is 1. The molecule has 2 aromatic heterocycles. The van der Waals surface area contributed by atoms with Crippen LogP contribution in [0.2, 0.25) is 5.02 Å². The normalized spacial score (nSPS) is 16.2. The van der Waals surface area contributed by atoms with E-state index >= 15 is 4.39 Å². The molecule has 7 rings (SSSR count). The molecule has 52 heavy (non-hydrogen) atoms. The maximum Gasteiger partial charge on any atom is 0.319 e. The Hall–Kier alpha value is -4.38. The van der Waals surface area contributed by atoms with Crippen molar-refractivity contribution >= 4 is 60.9 Å². The van der Waals surface area contributed by atoms with Gasteiger partial charge in [0.15, 0.2) is 10.9 Å². The summed E-state index contributed by atoms with van der Waals surface area (Å²) in [5, 5.41) is 7.26. The molecule has 1 amide bonds. The maximum absolute atomic E-state index is 16.7. The second kappa shape index (κ2) is 17.4. The fourth-order valence-corrected chi connectivity index (χ4v) is 8.14. The van der Waals surface area contributed by atoms with Crippen LogP contribution in [0.15, 0.2) is 43.0 Å². The summed E-state index contributed by atoms with van der Waals surface area (Å²) in [6, 6.07) is 4.52. The first-order valence-electron chi connectivity index (χ1n) is 17.6. The summed E-state index contributed by atoms with van der Waals surface area (Å²) in [6.07, 6.45) is 13.5. The van der Waals surface area contributed by atoms with Crippen molar-refractivity contribution in [1.82, 2.24) is 24.8 Å². The highest BCUT2D eigenvalue weighted by Crippen LogP contribution is 2.43. The number of nitrogen functional groups attached to an aromatic ring is 1. The van der Waals surface area contributed by atoms with Gasteiger partial charge in [0.1, 0.15) is 23.8 Å². The van der Waals surface area contributed by atoms with Crippen molar-refractivity contribution in [1.29, 1.82) is 5.26 Å². The molecular weight excluding hydrogens is 706 g/mol. The van der Waals surface area contributed by atoms with Gasteiger partial charge in [-0.15, -0.1) is 6.58 Å². The van der Waals surface area contributed by atoms with Gasteiger partial charge >= 0.3 is 6.01 Å². The Balaban J connectivity index is 0.000000514. The van der Waals surface area contributed by atoms with Crippen molar-refractivity contribution in [3.05, 3.63) is 59.7 Å². The van der Waals surface area contributed by atoms with Gasteiger partial charge in [-0.05, 0) is 69.8 Å². The number of halogens is 3. The number of anilines is 2. The number of unbranched alkanes of at least 4 members (excludes halogenated alkanes) is 1. The van der Waals surface area contributed by atoms with E-state index in [-0.39, 0.29) is 48.9 Å². The minimum atomic E-state index is -0.655. The van der Waals surface area contributed by atoms with Crippen LogP contribution in [0.5, 0.6) is 6.01 Å². The van der Waals surface area contributed by atoms with Crippen LogP contribution in [0.1, 0.15) is 58.8 Å². The Morgan fingerprint density at radius 3 is 2.46 bits per heavy atom. The topological polar surface area (TPSA) is 124 Å². The first kappa shape index (κ1) is 38.8. The average molecular weight is 751 g/mol. The summed E-state index contributed by atoms with van der Waals surface area (Å²) in [7, 11) is 0. The first-order valence-corrected chi connectivity index (χ1v) is 18.8. The van der Waals surface area contributed by atoms with Crippen LogP contribution < -0.4 is 15.4 Å². The lowest BCUT2D eigenvalue weighted by Gasteiger charge is -2.31. The van der Waals surface area contributed by atoms with Gasteiger partial charge < -0.3 is 20.3 Å².